The Morgan fingerprint density at radius 1 is 1.13 bits per heavy atom. The normalized spacial score (nSPS) is 31.5. The maximum Gasteiger partial charge on any atom is 0.223 e. The lowest BCUT2D eigenvalue weighted by Gasteiger charge is -2.56. The van der Waals surface area contributed by atoms with Crippen molar-refractivity contribution in [3.8, 4) is 0 Å². The summed E-state index contributed by atoms with van der Waals surface area (Å²) < 4.78 is 0. The van der Waals surface area contributed by atoms with Gasteiger partial charge in [-0.15, -0.1) is 0 Å². The highest BCUT2D eigenvalue weighted by Gasteiger charge is 2.49. The average Bonchev–Trinajstić information content (AvgIpc) is 3.29. The molecule has 2 amide bonds. The van der Waals surface area contributed by atoms with Crippen LogP contribution < -0.4 is 16.0 Å². The van der Waals surface area contributed by atoms with Crippen LogP contribution >= 0.6 is 0 Å². The average molecular weight is 413 g/mol. The van der Waals surface area contributed by atoms with E-state index in [-0.39, 0.29) is 29.8 Å². The largest absolute Gasteiger partial charge is 0.384 e. The molecule has 0 spiro atoms. The molecule has 4 heterocycles. The molecule has 30 heavy (non-hydrogen) atoms. The summed E-state index contributed by atoms with van der Waals surface area (Å²) in [5.41, 5.74) is 5.90. The second-order valence-corrected chi connectivity index (χ2v) is 9.52. The summed E-state index contributed by atoms with van der Waals surface area (Å²) >= 11 is 0. The van der Waals surface area contributed by atoms with Gasteiger partial charge in [0.05, 0.1) is 6.04 Å². The Labute approximate surface area is 177 Å². The second-order valence-electron chi connectivity index (χ2n) is 9.52. The van der Waals surface area contributed by atoms with E-state index < -0.39 is 0 Å². The fraction of sp³-hybridized carbons (Fsp3) is 0.727. The molecule has 2 bridgehead atoms. The third-order valence-corrected chi connectivity index (χ3v) is 7.71. The molecule has 4 atom stereocenters. The molecule has 1 aromatic rings. The number of anilines is 2. The van der Waals surface area contributed by atoms with Crippen LogP contribution in [0, 0.1) is 17.8 Å². The van der Waals surface area contributed by atoms with Gasteiger partial charge in [0.1, 0.15) is 18.0 Å². The van der Waals surface area contributed by atoms with Crippen LogP contribution in [0.15, 0.2) is 12.4 Å². The molecule has 4 aliphatic rings. The first-order chi connectivity index (χ1) is 14.6. The number of nitrogens with zero attached hydrogens (tertiary/aromatic N) is 4. The number of fused-ring (bicyclic) bond motifs is 4. The summed E-state index contributed by atoms with van der Waals surface area (Å²) in [7, 11) is 0. The quantitative estimate of drug-likeness (QED) is 0.778. The molecule has 8 nitrogen and oxygen atoms in total. The van der Waals surface area contributed by atoms with E-state index in [1.54, 1.807) is 0 Å². The van der Waals surface area contributed by atoms with E-state index >= 15 is 0 Å². The number of rotatable bonds is 4. The Morgan fingerprint density at radius 3 is 2.73 bits per heavy atom. The monoisotopic (exact) mass is 412 g/mol. The summed E-state index contributed by atoms with van der Waals surface area (Å²) in [6.07, 6.45) is 9.56. The molecule has 0 aromatic carbocycles. The van der Waals surface area contributed by atoms with Gasteiger partial charge in [0.2, 0.25) is 11.8 Å². The van der Waals surface area contributed by atoms with Crippen molar-refractivity contribution in [3.05, 3.63) is 12.4 Å². The third-order valence-electron chi connectivity index (χ3n) is 7.71. The summed E-state index contributed by atoms with van der Waals surface area (Å²) in [6.45, 7) is 2.28. The maximum absolute atomic E-state index is 12.9. The highest BCUT2D eigenvalue weighted by molar-refractivity contribution is 5.80. The van der Waals surface area contributed by atoms with E-state index in [1.807, 2.05) is 6.07 Å². The number of carbonyl (C=O) groups is 2. The number of amides is 2. The van der Waals surface area contributed by atoms with Crippen molar-refractivity contribution in [3.63, 3.8) is 0 Å². The van der Waals surface area contributed by atoms with Crippen LogP contribution in [0.1, 0.15) is 51.4 Å². The van der Waals surface area contributed by atoms with Gasteiger partial charge in [0.25, 0.3) is 0 Å². The van der Waals surface area contributed by atoms with E-state index in [0.29, 0.717) is 30.6 Å². The van der Waals surface area contributed by atoms with Crippen LogP contribution in [0.25, 0.3) is 0 Å². The summed E-state index contributed by atoms with van der Waals surface area (Å²) in [5.74, 6) is 2.69. The van der Waals surface area contributed by atoms with Gasteiger partial charge in [-0.3, -0.25) is 9.59 Å². The summed E-state index contributed by atoms with van der Waals surface area (Å²) in [6, 6.07) is 2.16. The Hall–Kier alpha value is -2.38. The van der Waals surface area contributed by atoms with Gasteiger partial charge in [0.15, 0.2) is 0 Å². The number of nitrogens with two attached hydrogens (primary N) is 1. The van der Waals surface area contributed by atoms with Crippen molar-refractivity contribution in [1.82, 2.24) is 20.2 Å². The lowest BCUT2D eigenvalue weighted by atomic mass is 9.72. The molecule has 3 aliphatic heterocycles. The lowest BCUT2D eigenvalue weighted by Crippen LogP contribution is -2.67. The molecule has 1 aromatic heterocycles. The molecule has 4 fully saturated rings. The number of nitrogens with one attached hydrogen (secondary N) is 1. The van der Waals surface area contributed by atoms with Crippen molar-refractivity contribution >= 4 is 23.5 Å². The highest BCUT2D eigenvalue weighted by atomic mass is 16.2. The van der Waals surface area contributed by atoms with Gasteiger partial charge in [0, 0.05) is 44.1 Å². The van der Waals surface area contributed by atoms with Crippen LogP contribution in [0.2, 0.25) is 0 Å². The number of hydrogen-bond acceptors (Lipinski definition) is 6. The summed E-state index contributed by atoms with van der Waals surface area (Å²) in [5, 5.41) is 3.22. The molecule has 8 heteroatoms. The van der Waals surface area contributed by atoms with Crippen LogP contribution in [0.3, 0.4) is 0 Å². The first kappa shape index (κ1) is 19.6. The summed E-state index contributed by atoms with van der Waals surface area (Å²) in [4.78, 5) is 38.5. The van der Waals surface area contributed by atoms with Crippen molar-refractivity contribution in [2.75, 3.05) is 30.3 Å². The van der Waals surface area contributed by atoms with Gasteiger partial charge in [-0.2, -0.15) is 0 Å². The zero-order chi connectivity index (χ0) is 20.7. The minimum atomic E-state index is 0.0615. The van der Waals surface area contributed by atoms with E-state index in [9.17, 15) is 9.59 Å². The molecule has 5 rings (SSSR count). The van der Waals surface area contributed by atoms with Crippen LogP contribution in [-0.2, 0) is 9.59 Å². The minimum Gasteiger partial charge on any atom is -0.384 e. The van der Waals surface area contributed by atoms with Gasteiger partial charge in [-0.05, 0) is 43.9 Å². The number of hydrogen-bond donors (Lipinski definition) is 2. The van der Waals surface area contributed by atoms with Crippen LogP contribution in [-0.4, -0.2) is 58.4 Å². The SMILES string of the molecule is Nc1cc(N2C[C@H]3C[C@@H](C2)[C@H](CNC(=O)C2CCCC2)N2C(=O)CCC[C@@H]32)ncn1. The van der Waals surface area contributed by atoms with Crippen molar-refractivity contribution in [1.29, 1.82) is 0 Å². The standard InChI is InChI=1S/C22H32N6O2/c23-19-9-20(26-13-25-19)27-11-15-8-16(12-27)18(28-17(15)6-3-7-21(28)29)10-24-22(30)14-4-1-2-5-14/h9,13-18H,1-8,10-12H2,(H,24,30)(H2,23,25,26)/t15-,16+,17+,18+/m1/s1. The Kier molecular flexibility index (Phi) is 5.25. The Bertz CT molecular complexity index is 811. The Balaban J connectivity index is 1.36. The van der Waals surface area contributed by atoms with E-state index in [0.717, 1.165) is 63.9 Å². The number of aromatic nitrogens is 2. The molecule has 0 radical (unpaired) electrons. The molecule has 3 saturated heterocycles. The predicted octanol–water partition coefficient (Wildman–Crippen LogP) is 1.57. The first-order valence-corrected chi connectivity index (χ1v) is 11.5. The molecular formula is C22H32N6O2. The second kappa shape index (κ2) is 8.04. The number of carbonyl (C=O) groups excluding carboxylic acids is 2. The van der Waals surface area contributed by atoms with Crippen molar-refractivity contribution in [2.45, 2.75) is 63.5 Å². The number of piperidine rings is 3. The fourth-order valence-electron chi connectivity index (χ4n) is 6.30. The van der Waals surface area contributed by atoms with Gasteiger partial charge in [-0.1, -0.05) is 12.8 Å². The fourth-order valence-corrected chi connectivity index (χ4v) is 6.30. The van der Waals surface area contributed by atoms with Crippen molar-refractivity contribution in [2.24, 2.45) is 17.8 Å². The molecular weight excluding hydrogens is 380 g/mol. The molecule has 162 valence electrons. The predicted molar refractivity (Wildman–Crippen MR) is 113 cm³/mol. The molecule has 0 unspecified atom stereocenters. The number of nitrogen functional groups attached to an aromatic ring is 1. The third kappa shape index (κ3) is 3.61. The molecule has 1 saturated carbocycles. The maximum atomic E-state index is 12.9. The van der Waals surface area contributed by atoms with E-state index in [1.165, 1.54) is 6.33 Å². The first-order valence-electron chi connectivity index (χ1n) is 11.5. The Morgan fingerprint density at radius 2 is 1.93 bits per heavy atom. The van der Waals surface area contributed by atoms with E-state index in [2.05, 4.69) is 25.1 Å². The highest BCUT2D eigenvalue weighted by Crippen LogP contribution is 2.42. The zero-order valence-electron chi connectivity index (χ0n) is 17.5. The van der Waals surface area contributed by atoms with E-state index in [4.69, 9.17) is 5.73 Å². The molecule has 1 aliphatic carbocycles. The van der Waals surface area contributed by atoms with Crippen LogP contribution in [0.4, 0.5) is 11.6 Å². The minimum absolute atomic E-state index is 0.0615. The van der Waals surface area contributed by atoms with Gasteiger partial charge >= 0.3 is 0 Å². The van der Waals surface area contributed by atoms with Gasteiger partial charge in [-0.25, -0.2) is 9.97 Å². The lowest BCUT2D eigenvalue weighted by molar-refractivity contribution is -0.149. The van der Waals surface area contributed by atoms with Gasteiger partial charge < -0.3 is 20.9 Å². The zero-order valence-corrected chi connectivity index (χ0v) is 17.5. The van der Waals surface area contributed by atoms with Crippen molar-refractivity contribution < 1.29 is 9.59 Å². The smallest absolute Gasteiger partial charge is 0.223 e. The molecule has 3 N–H and O–H groups in total. The topological polar surface area (TPSA) is 104 Å². The van der Waals surface area contributed by atoms with Crippen LogP contribution in [0.5, 0.6) is 0 Å².